The third kappa shape index (κ3) is 3.80. The van der Waals surface area contributed by atoms with Crippen LogP contribution in [0, 0.1) is 5.92 Å². The second-order valence-corrected chi connectivity index (χ2v) is 6.21. The molecule has 2 saturated heterocycles. The molecule has 0 N–H and O–H groups in total. The van der Waals surface area contributed by atoms with E-state index in [9.17, 15) is 0 Å². The predicted octanol–water partition coefficient (Wildman–Crippen LogP) is 2.91. The topological polar surface area (TPSA) is 25.4 Å². The van der Waals surface area contributed by atoms with Crippen LogP contribution in [0.2, 0.25) is 0 Å². The zero-order chi connectivity index (χ0) is 13.6. The molecule has 0 aromatic carbocycles. The van der Waals surface area contributed by atoms with Gasteiger partial charge in [-0.25, -0.2) is 0 Å². The number of likely N-dealkylation sites (tertiary alicyclic amines) is 1. The SMILES string of the molecule is c1ccc(CC[C@@H]2CCCN2CC2CCOCC2)nc1. The zero-order valence-corrected chi connectivity index (χ0v) is 12.3. The molecule has 110 valence electrons. The summed E-state index contributed by atoms with van der Waals surface area (Å²) < 4.78 is 5.47. The highest BCUT2D eigenvalue weighted by molar-refractivity contribution is 5.04. The number of aryl methyl sites for hydroxylation is 1. The molecule has 0 amide bonds. The summed E-state index contributed by atoms with van der Waals surface area (Å²) in [5, 5.41) is 0. The van der Waals surface area contributed by atoms with E-state index in [0.29, 0.717) is 0 Å². The van der Waals surface area contributed by atoms with Crippen molar-refractivity contribution >= 4 is 0 Å². The molecule has 0 bridgehead atoms. The van der Waals surface area contributed by atoms with Gasteiger partial charge in [0.05, 0.1) is 0 Å². The van der Waals surface area contributed by atoms with Crippen molar-refractivity contribution in [3.05, 3.63) is 30.1 Å². The Kier molecular flexibility index (Phi) is 5.04. The smallest absolute Gasteiger partial charge is 0.0469 e. The molecule has 3 nitrogen and oxygen atoms in total. The third-order valence-corrected chi connectivity index (χ3v) is 4.79. The van der Waals surface area contributed by atoms with Crippen molar-refractivity contribution in [3.63, 3.8) is 0 Å². The fourth-order valence-corrected chi connectivity index (χ4v) is 3.58. The zero-order valence-electron chi connectivity index (χ0n) is 12.3. The third-order valence-electron chi connectivity index (χ3n) is 4.79. The Hall–Kier alpha value is -0.930. The molecule has 1 aromatic rings. The summed E-state index contributed by atoms with van der Waals surface area (Å²) in [7, 11) is 0. The standard InChI is InChI=1S/C17H26N2O/c1-2-10-18-16(4-1)6-7-17-5-3-11-19(17)14-15-8-12-20-13-9-15/h1-2,4,10,15,17H,3,5-9,11-14H2/t17-/m0/s1. The van der Waals surface area contributed by atoms with Crippen molar-refractivity contribution in [3.8, 4) is 0 Å². The highest BCUT2D eigenvalue weighted by Crippen LogP contribution is 2.25. The van der Waals surface area contributed by atoms with E-state index in [0.717, 1.165) is 31.6 Å². The van der Waals surface area contributed by atoms with Crippen LogP contribution >= 0.6 is 0 Å². The van der Waals surface area contributed by atoms with E-state index in [1.165, 1.54) is 50.9 Å². The van der Waals surface area contributed by atoms with E-state index < -0.39 is 0 Å². The molecule has 0 aliphatic carbocycles. The quantitative estimate of drug-likeness (QED) is 0.825. The lowest BCUT2D eigenvalue weighted by atomic mass is 9.98. The molecule has 20 heavy (non-hydrogen) atoms. The van der Waals surface area contributed by atoms with E-state index in [1.807, 2.05) is 12.3 Å². The molecular weight excluding hydrogens is 248 g/mol. The van der Waals surface area contributed by atoms with Gasteiger partial charge in [-0.15, -0.1) is 0 Å². The largest absolute Gasteiger partial charge is 0.381 e. The van der Waals surface area contributed by atoms with Gasteiger partial charge in [0.2, 0.25) is 0 Å². The highest BCUT2D eigenvalue weighted by Gasteiger charge is 2.27. The van der Waals surface area contributed by atoms with Crippen LogP contribution in [-0.2, 0) is 11.2 Å². The van der Waals surface area contributed by atoms with Crippen molar-refractivity contribution in [2.45, 2.75) is 44.6 Å². The predicted molar refractivity (Wildman–Crippen MR) is 80.7 cm³/mol. The van der Waals surface area contributed by atoms with Crippen molar-refractivity contribution in [2.24, 2.45) is 5.92 Å². The number of nitrogens with zero attached hydrogens (tertiary/aromatic N) is 2. The number of pyridine rings is 1. The average Bonchev–Trinajstić information content (AvgIpc) is 2.94. The van der Waals surface area contributed by atoms with Gasteiger partial charge in [0.15, 0.2) is 0 Å². The minimum atomic E-state index is 0.778. The summed E-state index contributed by atoms with van der Waals surface area (Å²) >= 11 is 0. The molecule has 0 radical (unpaired) electrons. The first-order chi connectivity index (χ1) is 9.92. The highest BCUT2D eigenvalue weighted by atomic mass is 16.5. The minimum absolute atomic E-state index is 0.778. The number of rotatable bonds is 5. The lowest BCUT2D eigenvalue weighted by Gasteiger charge is -2.31. The van der Waals surface area contributed by atoms with Gasteiger partial charge in [0.25, 0.3) is 0 Å². The molecule has 3 rings (SSSR count). The van der Waals surface area contributed by atoms with E-state index in [2.05, 4.69) is 22.0 Å². The molecule has 0 spiro atoms. The summed E-state index contributed by atoms with van der Waals surface area (Å²) in [6.45, 7) is 4.52. The Labute approximate surface area is 122 Å². The molecule has 2 aliphatic heterocycles. The molecule has 2 fully saturated rings. The van der Waals surface area contributed by atoms with Crippen LogP contribution in [0.25, 0.3) is 0 Å². The summed E-state index contributed by atoms with van der Waals surface area (Å²) in [5.74, 6) is 0.860. The fraction of sp³-hybridized carbons (Fsp3) is 0.706. The maximum Gasteiger partial charge on any atom is 0.0469 e. The average molecular weight is 274 g/mol. The Bertz CT molecular complexity index is 389. The van der Waals surface area contributed by atoms with E-state index in [4.69, 9.17) is 4.74 Å². The maximum absolute atomic E-state index is 5.47. The second kappa shape index (κ2) is 7.19. The summed E-state index contributed by atoms with van der Waals surface area (Å²) in [6, 6.07) is 7.02. The molecule has 3 heteroatoms. The normalized spacial score (nSPS) is 25.1. The molecule has 3 heterocycles. The van der Waals surface area contributed by atoms with Gasteiger partial charge in [-0.1, -0.05) is 6.07 Å². The first-order valence-corrected chi connectivity index (χ1v) is 8.13. The summed E-state index contributed by atoms with van der Waals surface area (Å²) in [4.78, 5) is 7.18. The van der Waals surface area contributed by atoms with E-state index in [-0.39, 0.29) is 0 Å². The van der Waals surface area contributed by atoms with Crippen molar-refractivity contribution in [2.75, 3.05) is 26.3 Å². The molecule has 0 saturated carbocycles. The van der Waals surface area contributed by atoms with Gasteiger partial charge in [-0.3, -0.25) is 4.98 Å². The number of aromatic nitrogens is 1. The van der Waals surface area contributed by atoms with Crippen LogP contribution < -0.4 is 0 Å². The monoisotopic (exact) mass is 274 g/mol. The van der Waals surface area contributed by atoms with Crippen molar-refractivity contribution in [1.29, 1.82) is 0 Å². The first-order valence-electron chi connectivity index (χ1n) is 8.13. The van der Waals surface area contributed by atoms with Gasteiger partial charge < -0.3 is 9.64 Å². The lowest BCUT2D eigenvalue weighted by Crippen LogP contribution is -2.36. The van der Waals surface area contributed by atoms with Gasteiger partial charge >= 0.3 is 0 Å². The van der Waals surface area contributed by atoms with Crippen LogP contribution in [0.4, 0.5) is 0 Å². The minimum Gasteiger partial charge on any atom is -0.381 e. The molecular formula is C17H26N2O. The molecule has 0 unspecified atom stereocenters. The summed E-state index contributed by atoms with van der Waals surface area (Å²) in [6.07, 6.45) is 9.54. The Balaban J connectivity index is 1.47. The van der Waals surface area contributed by atoms with Gasteiger partial charge in [-0.05, 0) is 63.1 Å². The van der Waals surface area contributed by atoms with Gasteiger partial charge in [0, 0.05) is 37.7 Å². The van der Waals surface area contributed by atoms with Crippen LogP contribution in [0.5, 0.6) is 0 Å². The number of ether oxygens (including phenoxy) is 1. The van der Waals surface area contributed by atoms with Crippen LogP contribution in [0.1, 0.15) is 37.8 Å². The second-order valence-electron chi connectivity index (χ2n) is 6.21. The van der Waals surface area contributed by atoms with Crippen LogP contribution in [-0.4, -0.2) is 42.2 Å². The Morgan fingerprint density at radius 1 is 1.20 bits per heavy atom. The number of hydrogen-bond acceptors (Lipinski definition) is 3. The molecule has 2 aliphatic rings. The summed E-state index contributed by atoms with van der Waals surface area (Å²) in [5.41, 5.74) is 1.24. The number of hydrogen-bond donors (Lipinski definition) is 0. The van der Waals surface area contributed by atoms with Crippen LogP contribution in [0.3, 0.4) is 0 Å². The van der Waals surface area contributed by atoms with Crippen molar-refractivity contribution < 1.29 is 4.74 Å². The van der Waals surface area contributed by atoms with E-state index >= 15 is 0 Å². The maximum atomic E-state index is 5.47. The molecule has 1 atom stereocenters. The Morgan fingerprint density at radius 2 is 2.10 bits per heavy atom. The van der Waals surface area contributed by atoms with E-state index in [1.54, 1.807) is 0 Å². The Morgan fingerprint density at radius 3 is 2.90 bits per heavy atom. The first kappa shape index (κ1) is 14.0. The lowest BCUT2D eigenvalue weighted by molar-refractivity contribution is 0.0502. The van der Waals surface area contributed by atoms with Gasteiger partial charge in [0.1, 0.15) is 0 Å². The molecule has 1 aromatic heterocycles. The van der Waals surface area contributed by atoms with Crippen molar-refractivity contribution in [1.82, 2.24) is 9.88 Å². The fourth-order valence-electron chi connectivity index (χ4n) is 3.58. The van der Waals surface area contributed by atoms with Gasteiger partial charge in [-0.2, -0.15) is 0 Å². The van der Waals surface area contributed by atoms with Crippen LogP contribution in [0.15, 0.2) is 24.4 Å².